The van der Waals surface area contributed by atoms with Crippen molar-refractivity contribution in [1.82, 2.24) is 0 Å². The van der Waals surface area contributed by atoms with Crippen LogP contribution in [0.25, 0.3) is 0 Å². The Morgan fingerprint density at radius 3 is 2.14 bits per heavy atom. The van der Waals surface area contributed by atoms with Crippen molar-refractivity contribution in [2.45, 2.75) is 0 Å². The normalized spacial score (nSPS) is 10.0. The fourth-order valence-corrected chi connectivity index (χ4v) is 1.95. The lowest BCUT2D eigenvalue weighted by molar-refractivity contribution is 0.0692. The Bertz CT molecular complexity index is 689. The van der Waals surface area contributed by atoms with Crippen LogP contribution in [0.3, 0.4) is 0 Å². The number of carboxylic acids is 1. The van der Waals surface area contributed by atoms with Gasteiger partial charge in [-0.3, -0.25) is 0 Å². The minimum atomic E-state index is -1.36. The lowest BCUT2D eigenvalue weighted by Crippen LogP contribution is -2.19. The number of carboxylic acid groups (broad SMARTS) is 1. The van der Waals surface area contributed by atoms with Gasteiger partial charge in [-0.1, -0.05) is 0 Å². The summed E-state index contributed by atoms with van der Waals surface area (Å²) in [6.45, 7) is 0. The molecule has 5 nitrogen and oxygen atoms in total. The smallest absolute Gasteiger partial charge is 0.338 e. The van der Waals surface area contributed by atoms with E-state index < -0.39 is 23.4 Å². The molecule has 2 aromatic carbocycles. The molecule has 108 valence electrons. The van der Waals surface area contributed by atoms with Crippen molar-refractivity contribution in [1.29, 1.82) is 0 Å². The molecule has 0 aromatic heterocycles. The standard InChI is InChI=1S/C14H10FIN2O3/c15-12-7-10(5-6-11(12)13(19)20)18-14(21)17-9-3-1-8(16)2-4-9/h1-7H,(H,19,20)(H2,17,18,21). The van der Waals surface area contributed by atoms with E-state index in [1.165, 1.54) is 6.07 Å². The van der Waals surface area contributed by atoms with Gasteiger partial charge in [0, 0.05) is 14.9 Å². The highest BCUT2D eigenvalue weighted by molar-refractivity contribution is 14.1. The number of aromatic carboxylic acids is 1. The number of hydrogen-bond donors (Lipinski definition) is 3. The van der Waals surface area contributed by atoms with Crippen LogP contribution in [0.2, 0.25) is 0 Å². The molecular formula is C14H10FIN2O3. The average Bonchev–Trinajstić information content (AvgIpc) is 2.41. The second-order valence-corrected chi connectivity index (χ2v) is 5.33. The number of nitrogens with one attached hydrogen (secondary N) is 2. The number of halogens is 2. The number of rotatable bonds is 3. The Morgan fingerprint density at radius 1 is 1.00 bits per heavy atom. The maximum atomic E-state index is 13.5. The van der Waals surface area contributed by atoms with E-state index in [2.05, 4.69) is 33.2 Å². The van der Waals surface area contributed by atoms with E-state index in [4.69, 9.17) is 5.11 Å². The zero-order valence-electron chi connectivity index (χ0n) is 10.6. The summed E-state index contributed by atoms with van der Waals surface area (Å²) in [5, 5.41) is 13.7. The number of carbonyl (C=O) groups excluding carboxylic acids is 1. The van der Waals surface area contributed by atoms with Crippen LogP contribution in [0.15, 0.2) is 42.5 Å². The van der Waals surface area contributed by atoms with Crippen LogP contribution in [0.4, 0.5) is 20.6 Å². The van der Waals surface area contributed by atoms with Crippen LogP contribution in [0, 0.1) is 9.39 Å². The van der Waals surface area contributed by atoms with Gasteiger partial charge in [0.15, 0.2) is 0 Å². The minimum Gasteiger partial charge on any atom is -0.478 e. The predicted octanol–water partition coefficient (Wildman–Crippen LogP) is 3.77. The summed E-state index contributed by atoms with van der Waals surface area (Å²) in [5.41, 5.74) is 0.314. The van der Waals surface area contributed by atoms with Gasteiger partial charge in [0.25, 0.3) is 0 Å². The second-order valence-electron chi connectivity index (χ2n) is 4.09. The molecule has 2 amide bonds. The molecule has 0 heterocycles. The quantitative estimate of drug-likeness (QED) is 0.687. The van der Waals surface area contributed by atoms with Gasteiger partial charge in [0.2, 0.25) is 0 Å². The van der Waals surface area contributed by atoms with Gasteiger partial charge in [-0.2, -0.15) is 0 Å². The van der Waals surface area contributed by atoms with Gasteiger partial charge in [-0.05, 0) is 65.1 Å². The summed E-state index contributed by atoms with van der Waals surface area (Å²) in [4.78, 5) is 22.4. The summed E-state index contributed by atoms with van der Waals surface area (Å²) in [6, 6.07) is 9.95. The van der Waals surface area contributed by atoms with Crippen molar-refractivity contribution in [2.75, 3.05) is 10.6 Å². The first-order valence-electron chi connectivity index (χ1n) is 5.82. The molecule has 0 aliphatic carbocycles. The Labute approximate surface area is 133 Å². The van der Waals surface area contributed by atoms with Crippen LogP contribution in [-0.4, -0.2) is 17.1 Å². The number of amides is 2. The molecule has 0 radical (unpaired) electrons. The van der Waals surface area contributed by atoms with Gasteiger partial charge in [0.05, 0.1) is 5.56 Å². The van der Waals surface area contributed by atoms with Crippen molar-refractivity contribution in [3.63, 3.8) is 0 Å². The summed E-state index contributed by atoms with van der Waals surface area (Å²) in [7, 11) is 0. The Kier molecular flexibility index (Phi) is 4.73. The summed E-state index contributed by atoms with van der Waals surface area (Å²) >= 11 is 2.14. The van der Waals surface area contributed by atoms with E-state index in [-0.39, 0.29) is 5.69 Å². The Hall–Kier alpha value is -2.16. The lowest BCUT2D eigenvalue weighted by Gasteiger charge is -2.08. The van der Waals surface area contributed by atoms with Gasteiger partial charge in [0.1, 0.15) is 5.82 Å². The highest BCUT2D eigenvalue weighted by atomic mass is 127. The van der Waals surface area contributed by atoms with E-state index in [1.807, 2.05) is 12.1 Å². The largest absolute Gasteiger partial charge is 0.478 e. The summed E-state index contributed by atoms with van der Waals surface area (Å²) < 4.78 is 14.5. The maximum Gasteiger partial charge on any atom is 0.338 e. The number of urea groups is 1. The van der Waals surface area contributed by atoms with Crippen molar-refractivity contribution < 1.29 is 19.1 Å². The number of anilines is 2. The van der Waals surface area contributed by atoms with Gasteiger partial charge in [-0.15, -0.1) is 0 Å². The molecule has 0 spiro atoms. The first kappa shape index (κ1) is 15.2. The predicted molar refractivity (Wildman–Crippen MR) is 85.2 cm³/mol. The van der Waals surface area contributed by atoms with Crippen molar-refractivity contribution in [3.05, 3.63) is 57.4 Å². The highest BCUT2D eigenvalue weighted by Crippen LogP contribution is 2.16. The molecule has 0 aliphatic heterocycles. The molecule has 3 N–H and O–H groups in total. The third-order valence-electron chi connectivity index (χ3n) is 2.56. The van der Waals surface area contributed by atoms with Crippen LogP contribution in [-0.2, 0) is 0 Å². The van der Waals surface area contributed by atoms with Crippen molar-refractivity contribution in [2.24, 2.45) is 0 Å². The molecule has 0 atom stereocenters. The zero-order valence-corrected chi connectivity index (χ0v) is 12.7. The Morgan fingerprint density at radius 2 is 1.57 bits per heavy atom. The lowest BCUT2D eigenvalue weighted by atomic mass is 10.2. The highest BCUT2D eigenvalue weighted by Gasteiger charge is 2.11. The molecule has 0 saturated heterocycles. The SMILES string of the molecule is O=C(Nc1ccc(I)cc1)Nc1ccc(C(=O)O)c(F)c1. The number of hydrogen-bond acceptors (Lipinski definition) is 2. The molecule has 7 heteroatoms. The zero-order chi connectivity index (χ0) is 15.4. The van der Waals surface area contributed by atoms with Crippen LogP contribution >= 0.6 is 22.6 Å². The van der Waals surface area contributed by atoms with Crippen LogP contribution in [0.1, 0.15) is 10.4 Å². The summed E-state index contributed by atoms with van der Waals surface area (Å²) in [6.07, 6.45) is 0. The molecule has 21 heavy (non-hydrogen) atoms. The van der Waals surface area contributed by atoms with E-state index in [0.717, 1.165) is 15.7 Å². The van der Waals surface area contributed by atoms with Gasteiger partial charge in [-0.25, -0.2) is 14.0 Å². The average molecular weight is 400 g/mol. The number of carbonyl (C=O) groups is 2. The fraction of sp³-hybridized carbons (Fsp3) is 0. The molecular weight excluding hydrogens is 390 g/mol. The van der Waals surface area contributed by atoms with E-state index in [0.29, 0.717) is 5.69 Å². The summed E-state index contributed by atoms with van der Waals surface area (Å²) in [5.74, 6) is -2.27. The molecule has 0 bridgehead atoms. The van der Waals surface area contributed by atoms with E-state index in [1.54, 1.807) is 12.1 Å². The molecule has 0 unspecified atom stereocenters. The van der Waals surface area contributed by atoms with E-state index >= 15 is 0 Å². The molecule has 0 saturated carbocycles. The van der Waals surface area contributed by atoms with Gasteiger partial charge >= 0.3 is 12.0 Å². The van der Waals surface area contributed by atoms with Gasteiger partial charge < -0.3 is 15.7 Å². The third kappa shape index (κ3) is 4.15. The van der Waals surface area contributed by atoms with E-state index in [9.17, 15) is 14.0 Å². The maximum absolute atomic E-state index is 13.5. The monoisotopic (exact) mass is 400 g/mol. The molecule has 0 aliphatic rings. The molecule has 2 rings (SSSR count). The molecule has 2 aromatic rings. The third-order valence-corrected chi connectivity index (χ3v) is 3.28. The van der Waals surface area contributed by atoms with Crippen molar-refractivity contribution in [3.8, 4) is 0 Å². The molecule has 0 fully saturated rings. The second kappa shape index (κ2) is 6.53. The van der Waals surface area contributed by atoms with Crippen molar-refractivity contribution >= 4 is 46.0 Å². The Balaban J connectivity index is 2.04. The topological polar surface area (TPSA) is 78.4 Å². The first-order chi connectivity index (χ1) is 9.95. The first-order valence-corrected chi connectivity index (χ1v) is 6.90. The fourth-order valence-electron chi connectivity index (χ4n) is 1.59. The van der Waals surface area contributed by atoms with Crippen LogP contribution < -0.4 is 10.6 Å². The van der Waals surface area contributed by atoms with Crippen LogP contribution in [0.5, 0.6) is 0 Å². The minimum absolute atomic E-state index is 0.167. The number of benzene rings is 2.